The smallest absolute Gasteiger partial charge is 0.253 e. The molecule has 0 spiro atoms. The summed E-state index contributed by atoms with van der Waals surface area (Å²) >= 11 is 5.94. The molecule has 3 aromatic rings. The molecule has 4 rings (SSSR count). The van der Waals surface area contributed by atoms with Crippen LogP contribution < -0.4 is 0 Å². The molecule has 1 amide bonds. The number of likely N-dealkylation sites (tertiary alicyclic amines) is 1. The van der Waals surface area contributed by atoms with E-state index in [-0.39, 0.29) is 5.91 Å². The second kappa shape index (κ2) is 7.22. The van der Waals surface area contributed by atoms with Crippen LogP contribution in [0.4, 0.5) is 0 Å². The first-order chi connectivity index (χ1) is 13.0. The van der Waals surface area contributed by atoms with Gasteiger partial charge in [-0.2, -0.15) is 0 Å². The standard InChI is InChI=1S/C22H21ClN2O2/c23-19-7-5-18(6-8-19)22(27)11-15-25(16-12-22)21(26)17-3-9-20(10-4-17)24-13-1-2-14-24/h1-10,13-14,27H,11-12,15-16H2. The molecule has 2 heterocycles. The van der Waals surface area contributed by atoms with Crippen molar-refractivity contribution >= 4 is 17.5 Å². The molecule has 0 bridgehead atoms. The SMILES string of the molecule is O=C(c1ccc(-n2cccc2)cc1)N1CCC(O)(c2ccc(Cl)cc2)CC1. The van der Waals surface area contributed by atoms with Gasteiger partial charge >= 0.3 is 0 Å². The highest BCUT2D eigenvalue weighted by Crippen LogP contribution is 2.33. The summed E-state index contributed by atoms with van der Waals surface area (Å²) in [5, 5.41) is 11.6. The third-order valence-corrected chi connectivity index (χ3v) is 5.53. The molecule has 0 aliphatic carbocycles. The van der Waals surface area contributed by atoms with Crippen molar-refractivity contribution in [2.24, 2.45) is 0 Å². The molecule has 1 aliphatic heterocycles. The normalized spacial score (nSPS) is 16.3. The summed E-state index contributed by atoms with van der Waals surface area (Å²) in [5.41, 5.74) is 1.64. The summed E-state index contributed by atoms with van der Waals surface area (Å²) in [6.45, 7) is 1.05. The number of hydrogen-bond acceptors (Lipinski definition) is 2. The molecule has 1 aliphatic rings. The van der Waals surface area contributed by atoms with Gasteiger partial charge in [-0.1, -0.05) is 23.7 Å². The lowest BCUT2D eigenvalue weighted by Crippen LogP contribution is -2.45. The van der Waals surface area contributed by atoms with E-state index in [1.54, 1.807) is 12.1 Å². The van der Waals surface area contributed by atoms with E-state index in [2.05, 4.69) is 0 Å². The van der Waals surface area contributed by atoms with Gasteiger partial charge in [0, 0.05) is 41.8 Å². The highest BCUT2D eigenvalue weighted by atomic mass is 35.5. The van der Waals surface area contributed by atoms with E-state index >= 15 is 0 Å². The molecule has 0 radical (unpaired) electrons. The predicted molar refractivity (Wildman–Crippen MR) is 106 cm³/mol. The van der Waals surface area contributed by atoms with E-state index in [0.717, 1.165) is 11.3 Å². The maximum absolute atomic E-state index is 12.8. The van der Waals surface area contributed by atoms with Gasteiger partial charge in [0.25, 0.3) is 5.91 Å². The van der Waals surface area contributed by atoms with Crippen LogP contribution >= 0.6 is 11.6 Å². The zero-order chi connectivity index (χ0) is 18.9. The van der Waals surface area contributed by atoms with Crippen LogP contribution in [-0.2, 0) is 5.60 Å². The van der Waals surface area contributed by atoms with Crippen LogP contribution in [0.15, 0.2) is 73.1 Å². The molecule has 2 aromatic carbocycles. The van der Waals surface area contributed by atoms with Gasteiger partial charge < -0.3 is 14.6 Å². The van der Waals surface area contributed by atoms with Crippen LogP contribution in [0.25, 0.3) is 5.69 Å². The molecule has 5 heteroatoms. The summed E-state index contributed by atoms with van der Waals surface area (Å²) in [6.07, 6.45) is 4.97. The zero-order valence-electron chi connectivity index (χ0n) is 14.9. The lowest BCUT2D eigenvalue weighted by Gasteiger charge is -2.38. The first kappa shape index (κ1) is 17.8. The van der Waals surface area contributed by atoms with Crippen molar-refractivity contribution in [3.05, 3.63) is 89.2 Å². The number of rotatable bonds is 3. The highest BCUT2D eigenvalue weighted by molar-refractivity contribution is 6.30. The number of nitrogens with zero attached hydrogens (tertiary/aromatic N) is 2. The second-order valence-electron chi connectivity index (χ2n) is 6.97. The summed E-state index contributed by atoms with van der Waals surface area (Å²) in [7, 11) is 0. The van der Waals surface area contributed by atoms with Gasteiger partial charge in [-0.25, -0.2) is 0 Å². The van der Waals surface area contributed by atoms with Crippen molar-refractivity contribution < 1.29 is 9.90 Å². The van der Waals surface area contributed by atoms with Crippen molar-refractivity contribution in [2.75, 3.05) is 13.1 Å². The van der Waals surface area contributed by atoms with Crippen LogP contribution in [0, 0.1) is 0 Å². The van der Waals surface area contributed by atoms with Gasteiger partial charge in [0.2, 0.25) is 0 Å². The van der Waals surface area contributed by atoms with E-state index < -0.39 is 5.60 Å². The third kappa shape index (κ3) is 3.64. The molecular formula is C22H21ClN2O2. The average molecular weight is 381 g/mol. The number of hydrogen-bond donors (Lipinski definition) is 1. The molecule has 0 atom stereocenters. The Morgan fingerprint density at radius 3 is 2.11 bits per heavy atom. The molecule has 1 saturated heterocycles. The quantitative estimate of drug-likeness (QED) is 0.738. The van der Waals surface area contributed by atoms with Crippen LogP contribution in [0.1, 0.15) is 28.8 Å². The third-order valence-electron chi connectivity index (χ3n) is 5.28. The van der Waals surface area contributed by atoms with Gasteiger partial charge in [0.15, 0.2) is 0 Å². The van der Waals surface area contributed by atoms with E-state index in [1.165, 1.54) is 0 Å². The maximum atomic E-state index is 12.8. The predicted octanol–water partition coefficient (Wildman–Crippen LogP) is 4.25. The Kier molecular flexibility index (Phi) is 4.77. The number of amides is 1. The Balaban J connectivity index is 1.43. The number of halogens is 1. The number of aromatic nitrogens is 1. The first-order valence-electron chi connectivity index (χ1n) is 9.06. The van der Waals surface area contributed by atoms with Crippen LogP contribution in [0.3, 0.4) is 0 Å². The van der Waals surface area contributed by atoms with Crippen molar-refractivity contribution in [2.45, 2.75) is 18.4 Å². The minimum Gasteiger partial charge on any atom is -0.385 e. The minimum absolute atomic E-state index is 0.00668. The number of carbonyl (C=O) groups excluding carboxylic acids is 1. The minimum atomic E-state index is -0.903. The van der Waals surface area contributed by atoms with E-state index in [4.69, 9.17) is 11.6 Å². The summed E-state index contributed by atoms with van der Waals surface area (Å²) in [6, 6.07) is 18.8. The number of piperidine rings is 1. The van der Waals surface area contributed by atoms with E-state index in [0.29, 0.717) is 36.5 Å². The summed E-state index contributed by atoms with van der Waals surface area (Å²) in [5.74, 6) is 0.00668. The summed E-state index contributed by atoms with van der Waals surface area (Å²) < 4.78 is 2.00. The summed E-state index contributed by atoms with van der Waals surface area (Å²) in [4.78, 5) is 14.6. The van der Waals surface area contributed by atoms with Gasteiger partial charge in [-0.15, -0.1) is 0 Å². The molecule has 1 fully saturated rings. The van der Waals surface area contributed by atoms with Gasteiger partial charge in [-0.05, 0) is 66.9 Å². The van der Waals surface area contributed by atoms with E-state index in [1.807, 2.05) is 70.4 Å². The van der Waals surface area contributed by atoms with Gasteiger partial charge in [0.1, 0.15) is 0 Å². The van der Waals surface area contributed by atoms with Crippen molar-refractivity contribution in [3.63, 3.8) is 0 Å². The highest BCUT2D eigenvalue weighted by Gasteiger charge is 2.35. The van der Waals surface area contributed by atoms with Crippen molar-refractivity contribution in [1.29, 1.82) is 0 Å². The number of aliphatic hydroxyl groups is 1. The van der Waals surface area contributed by atoms with Crippen LogP contribution in [0.2, 0.25) is 5.02 Å². The lowest BCUT2D eigenvalue weighted by molar-refractivity contribution is -0.0211. The molecule has 1 aromatic heterocycles. The zero-order valence-corrected chi connectivity index (χ0v) is 15.6. The maximum Gasteiger partial charge on any atom is 0.253 e. The monoisotopic (exact) mass is 380 g/mol. The molecule has 4 nitrogen and oxygen atoms in total. The molecule has 1 N–H and O–H groups in total. The molecule has 0 unspecified atom stereocenters. The van der Waals surface area contributed by atoms with Crippen LogP contribution in [-0.4, -0.2) is 33.6 Å². The Bertz CT molecular complexity index is 910. The molecule has 138 valence electrons. The molecule has 0 saturated carbocycles. The molecule has 27 heavy (non-hydrogen) atoms. The topological polar surface area (TPSA) is 45.5 Å². The fourth-order valence-electron chi connectivity index (χ4n) is 3.59. The number of benzene rings is 2. The fraction of sp³-hybridized carbons (Fsp3) is 0.227. The first-order valence-corrected chi connectivity index (χ1v) is 9.44. The largest absolute Gasteiger partial charge is 0.385 e. The number of carbonyl (C=O) groups is 1. The van der Waals surface area contributed by atoms with Crippen molar-refractivity contribution in [3.8, 4) is 5.69 Å². The van der Waals surface area contributed by atoms with Crippen LogP contribution in [0.5, 0.6) is 0 Å². The Morgan fingerprint density at radius 1 is 0.926 bits per heavy atom. The fourth-order valence-corrected chi connectivity index (χ4v) is 3.72. The lowest BCUT2D eigenvalue weighted by atomic mass is 9.84. The van der Waals surface area contributed by atoms with E-state index in [9.17, 15) is 9.90 Å². The van der Waals surface area contributed by atoms with Gasteiger partial charge in [0.05, 0.1) is 5.60 Å². The van der Waals surface area contributed by atoms with Crippen molar-refractivity contribution in [1.82, 2.24) is 9.47 Å². The van der Waals surface area contributed by atoms with Gasteiger partial charge in [-0.3, -0.25) is 4.79 Å². The second-order valence-corrected chi connectivity index (χ2v) is 7.40. The average Bonchev–Trinajstić information content (AvgIpc) is 3.23. The Labute approximate surface area is 163 Å². The Morgan fingerprint density at radius 2 is 1.52 bits per heavy atom. The Hall–Kier alpha value is -2.56. The molecular weight excluding hydrogens is 360 g/mol.